The maximum atomic E-state index is 13.0. The summed E-state index contributed by atoms with van der Waals surface area (Å²) in [5.41, 5.74) is 2.83. The van der Waals surface area contributed by atoms with Gasteiger partial charge in [0, 0.05) is 35.3 Å². The minimum absolute atomic E-state index is 0.176. The van der Waals surface area contributed by atoms with Crippen LogP contribution in [0.25, 0.3) is 11.4 Å². The Morgan fingerprint density at radius 2 is 1.93 bits per heavy atom. The minimum Gasteiger partial charge on any atom is -0.339 e. The Labute approximate surface area is 179 Å². The summed E-state index contributed by atoms with van der Waals surface area (Å²) in [6.45, 7) is 4.16. The largest absolute Gasteiger partial charge is 0.339 e. The maximum Gasteiger partial charge on any atom is 0.254 e. The van der Waals surface area contributed by atoms with E-state index in [0.717, 1.165) is 17.5 Å². The predicted octanol–water partition coefficient (Wildman–Crippen LogP) is 4.25. The Morgan fingerprint density at radius 1 is 1.17 bits per heavy atom. The molecule has 154 valence electrons. The quantitative estimate of drug-likeness (QED) is 0.676. The zero-order chi connectivity index (χ0) is 21.3. The Morgan fingerprint density at radius 3 is 2.60 bits per heavy atom. The van der Waals surface area contributed by atoms with E-state index in [1.165, 1.54) is 0 Å². The number of nitrogens with one attached hydrogen (secondary N) is 1. The van der Waals surface area contributed by atoms with Gasteiger partial charge in [-0.2, -0.15) is 4.98 Å². The number of amides is 2. The lowest BCUT2D eigenvalue weighted by Crippen LogP contribution is -2.43. The van der Waals surface area contributed by atoms with Crippen LogP contribution < -0.4 is 5.32 Å². The van der Waals surface area contributed by atoms with E-state index in [1.807, 2.05) is 13.0 Å². The molecule has 0 saturated carbocycles. The molecule has 8 heteroatoms. The highest BCUT2D eigenvalue weighted by Crippen LogP contribution is 2.25. The number of likely N-dealkylation sites (tertiary alicyclic amines) is 1. The van der Waals surface area contributed by atoms with Crippen LogP contribution in [-0.2, 0) is 4.79 Å². The molecule has 7 nitrogen and oxygen atoms in total. The first kappa shape index (κ1) is 20.1. The van der Waals surface area contributed by atoms with Crippen molar-refractivity contribution in [3.05, 3.63) is 64.5 Å². The number of carbonyl (C=O) groups is 2. The SMILES string of the molecule is Cc1nc(-c2ccc(C(=O)N3CCC[C@H]3C(=O)Nc3ccc(C)c(Cl)c3)cc2)no1. The lowest BCUT2D eigenvalue weighted by molar-refractivity contribution is -0.119. The minimum atomic E-state index is -0.517. The Balaban J connectivity index is 1.47. The van der Waals surface area contributed by atoms with Crippen LogP contribution in [0.4, 0.5) is 5.69 Å². The summed E-state index contributed by atoms with van der Waals surface area (Å²) in [6.07, 6.45) is 1.40. The van der Waals surface area contributed by atoms with Gasteiger partial charge in [0.1, 0.15) is 6.04 Å². The summed E-state index contributed by atoms with van der Waals surface area (Å²) in [6, 6.07) is 11.8. The van der Waals surface area contributed by atoms with Gasteiger partial charge in [0.2, 0.25) is 17.6 Å². The maximum absolute atomic E-state index is 13.0. The van der Waals surface area contributed by atoms with Crippen LogP contribution in [0.2, 0.25) is 5.02 Å². The lowest BCUT2D eigenvalue weighted by Gasteiger charge is -2.24. The van der Waals surface area contributed by atoms with Crippen molar-refractivity contribution in [3.8, 4) is 11.4 Å². The standard InChI is InChI=1S/C22H21ClN4O3/c1-13-5-10-17(12-18(13)23)25-21(28)19-4-3-11-27(19)22(29)16-8-6-15(7-9-16)20-24-14(2)30-26-20/h5-10,12,19H,3-4,11H2,1-2H3,(H,25,28)/t19-/m0/s1. The van der Waals surface area contributed by atoms with Crippen LogP contribution in [-0.4, -0.2) is 39.4 Å². The topological polar surface area (TPSA) is 88.3 Å². The van der Waals surface area contributed by atoms with Crippen molar-refractivity contribution < 1.29 is 14.1 Å². The van der Waals surface area contributed by atoms with Crippen LogP contribution >= 0.6 is 11.6 Å². The van der Waals surface area contributed by atoms with Gasteiger partial charge in [-0.25, -0.2) is 0 Å². The number of halogens is 1. The molecule has 0 radical (unpaired) electrons. The molecule has 30 heavy (non-hydrogen) atoms. The average molecular weight is 425 g/mol. The number of anilines is 1. The van der Waals surface area contributed by atoms with Crippen LogP contribution in [0.5, 0.6) is 0 Å². The third-order valence-electron chi connectivity index (χ3n) is 5.17. The van der Waals surface area contributed by atoms with E-state index >= 15 is 0 Å². The number of hydrogen-bond acceptors (Lipinski definition) is 5. The van der Waals surface area contributed by atoms with Crippen LogP contribution in [0.1, 0.15) is 34.7 Å². The molecule has 2 amide bonds. The zero-order valence-electron chi connectivity index (χ0n) is 16.7. The molecule has 3 aromatic rings. The van der Waals surface area contributed by atoms with Crippen molar-refractivity contribution in [1.29, 1.82) is 0 Å². The third-order valence-corrected chi connectivity index (χ3v) is 5.58. The fourth-order valence-electron chi connectivity index (χ4n) is 3.52. The van der Waals surface area contributed by atoms with Gasteiger partial charge in [0.15, 0.2) is 0 Å². The summed E-state index contributed by atoms with van der Waals surface area (Å²) in [5, 5.41) is 7.34. The first-order chi connectivity index (χ1) is 14.4. The fourth-order valence-corrected chi connectivity index (χ4v) is 3.70. The number of nitrogens with zero attached hydrogens (tertiary/aromatic N) is 3. The van der Waals surface area contributed by atoms with Crippen molar-refractivity contribution in [2.75, 3.05) is 11.9 Å². The number of carbonyl (C=O) groups excluding carboxylic acids is 2. The van der Waals surface area contributed by atoms with Crippen LogP contribution in [0.15, 0.2) is 47.0 Å². The third kappa shape index (κ3) is 4.07. The molecule has 0 bridgehead atoms. The molecule has 1 fully saturated rings. The zero-order valence-corrected chi connectivity index (χ0v) is 17.4. The molecule has 2 aromatic carbocycles. The summed E-state index contributed by atoms with van der Waals surface area (Å²) in [7, 11) is 0. The van der Waals surface area contributed by atoms with Gasteiger partial charge in [-0.3, -0.25) is 9.59 Å². The first-order valence-corrected chi connectivity index (χ1v) is 10.1. The van der Waals surface area contributed by atoms with Crippen LogP contribution in [0.3, 0.4) is 0 Å². The molecule has 1 N–H and O–H groups in total. The highest BCUT2D eigenvalue weighted by molar-refractivity contribution is 6.31. The van der Waals surface area contributed by atoms with Crippen molar-refractivity contribution >= 4 is 29.1 Å². The second-order valence-corrected chi connectivity index (χ2v) is 7.73. The summed E-state index contributed by atoms with van der Waals surface area (Å²) < 4.78 is 4.99. The molecular formula is C22H21ClN4O3. The monoisotopic (exact) mass is 424 g/mol. The van der Waals surface area contributed by atoms with Crippen molar-refractivity contribution in [3.63, 3.8) is 0 Å². The second-order valence-electron chi connectivity index (χ2n) is 7.32. The molecule has 0 spiro atoms. The number of benzene rings is 2. The summed E-state index contributed by atoms with van der Waals surface area (Å²) in [4.78, 5) is 31.7. The normalized spacial score (nSPS) is 16.0. The van der Waals surface area contributed by atoms with Gasteiger partial charge >= 0.3 is 0 Å². The first-order valence-electron chi connectivity index (χ1n) is 9.71. The van der Waals surface area contributed by atoms with E-state index < -0.39 is 6.04 Å². The summed E-state index contributed by atoms with van der Waals surface area (Å²) in [5.74, 6) is 0.567. The van der Waals surface area contributed by atoms with Gasteiger partial charge in [-0.05, 0) is 49.6 Å². The molecule has 1 aliphatic rings. The summed E-state index contributed by atoms with van der Waals surface area (Å²) >= 11 is 6.14. The number of rotatable bonds is 4. The van der Waals surface area contributed by atoms with E-state index in [2.05, 4.69) is 15.5 Å². The van der Waals surface area contributed by atoms with E-state index in [1.54, 1.807) is 48.2 Å². The van der Waals surface area contributed by atoms with Crippen molar-refractivity contribution in [2.45, 2.75) is 32.7 Å². The van der Waals surface area contributed by atoms with E-state index in [-0.39, 0.29) is 11.8 Å². The highest BCUT2D eigenvalue weighted by atomic mass is 35.5. The van der Waals surface area contributed by atoms with E-state index in [9.17, 15) is 9.59 Å². The average Bonchev–Trinajstić information content (AvgIpc) is 3.40. The van der Waals surface area contributed by atoms with Gasteiger partial charge in [0.05, 0.1) is 0 Å². The number of hydrogen-bond donors (Lipinski definition) is 1. The van der Waals surface area contributed by atoms with Crippen molar-refractivity contribution in [2.24, 2.45) is 0 Å². The highest BCUT2D eigenvalue weighted by Gasteiger charge is 2.34. The molecule has 1 atom stereocenters. The van der Waals surface area contributed by atoms with Gasteiger partial charge in [-0.15, -0.1) is 0 Å². The Kier molecular flexibility index (Phi) is 5.55. The predicted molar refractivity (Wildman–Crippen MR) is 113 cm³/mol. The molecule has 0 unspecified atom stereocenters. The van der Waals surface area contributed by atoms with Gasteiger partial charge in [-0.1, -0.05) is 35.0 Å². The number of aromatic nitrogens is 2. The lowest BCUT2D eigenvalue weighted by atomic mass is 10.1. The second kappa shape index (κ2) is 8.28. The van der Waals surface area contributed by atoms with Crippen molar-refractivity contribution in [1.82, 2.24) is 15.0 Å². The molecule has 1 saturated heterocycles. The molecule has 1 aliphatic heterocycles. The molecular weight excluding hydrogens is 404 g/mol. The van der Waals surface area contributed by atoms with Gasteiger partial charge < -0.3 is 14.7 Å². The van der Waals surface area contributed by atoms with Gasteiger partial charge in [0.25, 0.3) is 5.91 Å². The number of aryl methyl sites for hydroxylation is 2. The fraction of sp³-hybridized carbons (Fsp3) is 0.273. The molecule has 0 aliphatic carbocycles. The van der Waals surface area contributed by atoms with E-state index in [0.29, 0.717) is 41.0 Å². The molecule has 1 aromatic heterocycles. The molecule has 4 rings (SSSR count). The van der Waals surface area contributed by atoms with E-state index in [4.69, 9.17) is 16.1 Å². The molecule has 2 heterocycles. The Hall–Kier alpha value is -3.19. The van der Waals surface area contributed by atoms with Crippen LogP contribution in [0, 0.1) is 13.8 Å². The Bertz CT molecular complexity index is 1090. The smallest absolute Gasteiger partial charge is 0.254 e.